The monoisotopic (exact) mass is 535 g/mol. The van der Waals surface area contributed by atoms with E-state index in [-0.39, 0.29) is 11.1 Å². The third-order valence-electron chi connectivity index (χ3n) is 7.73. The molecule has 3 aromatic carbocycles. The quantitative estimate of drug-likeness (QED) is 0.223. The Balaban J connectivity index is 1.69. The summed E-state index contributed by atoms with van der Waals surface area (Å²) in [5.74, 6) is -1.05. The molecular weight excluding hydrogens is 514 g/mol. The maximum Gasteiger partial charge on any atom is 0.259 e. The zero-order valence-corrected chi connectivity index (χ0v) is 20.7. The largest absolute Gasteiger partial charge is 0.394 e. The molecule has 0 unspecified atom stereocenters. The normalized spacial score (nSPS) is 25.7. The highest BCUT2D eigenvalue weighted by atomic mass is 35.5. The minimum absolute atomic E-state index is 0.215. The second kappa shape index (κ2) is 8.24. The molecule has 38 heavy (non-hydrogen) atoms. The number of aromatic amines is 1. The molecule has 0 bridgehead atoms. The number of imide groups is 1. The number of para-hydroxylation sites is 2. The first-order valence-electron chi connectivity index (χ1n) is 12.1. The van der Waals surface area contributed by atoms with Crippen LogP contribution in [0.2, 0.25) is 5.02 Å². The van der Waals surface area contributed by atoms with Crippen molar-refractivity contribution in [2.45, 2.75) is 30.6 Å². The topological polar surface area (TPSA) is 146 Å². The number of hydrogen-bond donors (Lipinski definition) is 5. The van der Waals surface area contributed by atoms with Crippen molar-refractivity contribution in [3.63, 3.8) is 0 Å². The lowest BCUT2D eigenvalue weighted by Gasteiger charge is -2.42. The number of aromatic nitrogens is 2. The number of aliphatic hydroxyl groups is 3. The highest BCUT2D eigenvalue weighted by Crippen LogP contribution is 2.46. The molecule has 10 nitrogen and oxygen atoms in total. The van der Waals surface area contributed by atoms with Gasteiger partial charge in [0.2, 0.25) is 0 Å². The lowest BCUT2D eigenvalue weighted by molar-refractivity contribution is -0.255. The van der Waals surface area contributed by atoms with Crippen molar-refractivity contribution in [3.05, 3.63) is 58.6 Å². The van der Waals surface area contributed by atoms with Gasteiger partial charge in [-0.2, -0.15) is 0 Å². The van der Waals surface area contributed by atoms with Gasteiger partial charge < -0.3 is 34.3 Å². The number of amides is 2. The Morgan fingerprint density at radius 1 is 0.974 bits per heavy atom. The smallest absolute Gasteiger partial charge is 0.259 e. The number of nitrogens with one attached hydrogen (secondary N) is 2. The van der Waals surface area contributed by atoms with Crippen molar-refractivity contribution >= 4 is 67.0 Å². The highest BCUT2D eigenvalue weighted by molar-refractivity contribution is 6.41. The molecule has 1 saturated heterocycles. The van der Waals surface area contributed by atoms with Gasteiger partial charge in [-0.1, -0.05) is 41.9 Å². The number of methoxy groups -OCH3 is 1. The van der Waals surface area contributed by atoms with Crippen LogP contribution in [0.4, 0.5) is 0 Å². The second-order valence-corrected chi connectivity index (χ2v) is 10.0. The highest BCUT2D eigenvalue weighted by Gasteiger charge is 2.47. The first-order chi connectivity index (χ1) is 18.4. The van der Waals surface area contributed by atoms with E-state index in [9.17, 15) is 24.9 Å². The fourth-order valence-corrected chi connectivity index (χ4v) is 6.37. The third kappa shape index (κ3) is 2.90. The third-order valence-corrected chi connectivity index (χ3v) is 8.04. The van der Waals surface area contributed by atoms with Gasteiger partial charge >= 0.3 is 0 Å². The van der Waals surface area contributed by atoms with Crippen LogP contribution in [0.25, 0.3) is 43.6 Å². The average Bonchev–Trinajstić information content (AvgIpc) is 3.55. The van der Waals surface area contributed by atoms with Crippen molar-refractivity contribution in [2.75, 3.05) is 13.7 Å². The van der Waals surface area contributed by atoms with Crippen LogP contribution in [0.5, 0.6) is 0 Å². The van der Waals surface area contributed by atoms with E-state index >= 15 is 0 Å². The number of benzene rings is 3. The van der Waals surface area contributed by atoms with Gasteiger partial charge in [0.15, 0.2) is 6.23 Å². The van der Waals surface area contributed by atoms with Crippen molar-refractivity contribution in [1.29, 1.82) is 0 Å². The van der Waals surface area contributed by atoms with Gasteiger partial charge in [0.1, 0.15) is 24.4 Å². The Morgan fingerprint density at radius 2 is 1.68 bits per heavy atom. The van der Waals surface area contributed by atoms with Crippen LogP contribution in [0.15, 0.2) is 42.5 Å². The van der Waals surface area contributed by atoms with E-state index in [1.165, 1.54) is 7.11 Å². The van der Waals surface area contributed by atoms with Crippen LogP contribution in [0.3, 0.4) is 0 Å². The summed E-state index contributed by atoms with van der Waals surface area (Å²) in [4.78, 5) is 29.7. The number of carbonyl (C=O) groups is 2. The number of rotatable bonds is 3. The molecular formula is C27H22ClN3O7. The molecule has 1 fully saturated rings. The minimum atomic E-state index is -1.45. The van der Waals surface area contributed by atoms with Gasteiger partial charge in [-0.3, -0.25) is 14.9 Å². The standard InChI is InChI=1S/C27H22ClN3O7/c1-37-24-14(9-32)38-27(23(34)22(24)33)31-13-8-3-2-5-10(13)16-18-17(25(35)30-26(18)36)15-11-6-4-7-12(28)19(11)29-20(15)21(16)31/h2-8,14,22-24,27,29,32-34H,9H2,1H3,(H,30,35,36)/t14-,22-,23-,24-,27-/m1/s1. The summed E-state index contributed by atoms with van der Waals surface area (Å²) in [6, 6.07) is 12.5. The number of nitrogens with zero attached hydrogens (tertiary/aromatic N) is 1. The molecule has 2 aromatic heterocycles. The van der Waals surface area contributed by atoms with E-state index in [4.69, 9.17) is 21.1 Å². The molecule has 194 valence electrons. The summed E-state index contributed by atoms with van der Waals surface area (Å²) < 4.78 is 13.2. The summed E-state index contributed by atoms with van der Waals surface area (Å²) in [5.41, 5.74) is 2.64. The molecule has 2 aliphatic heterocycles. The van der Waals surface area contributed by atoms with Gasteiger partial charge in [0, 0.05) is 28.7 Å². The molecule has 11 heteroatoms. The van der Waals surface area contributed by atoms with Gasteiger partial charge in [-0.05, 0) is 12.1 Å². The van der Waals surface area contributed by atoms with Crippen LogP contribution in [0, 0.1) is 0 Å². The maximum absolute atomic E-state index is 13.2. The second-order valence-electron chi connectivity index (χ2n) is 9.61. The number of carbonyl (C=O) groups excluding carboxylic acids is 2. The van der Waals surface area contributed by atoms with Gasteiger partial charge in [-0.15, -0.1) is 0 Å². The fraction of sp³-hybridized carbons (Fsp3) is 0.259. The predicted molar refractivity (Wildman–Crippen MR) is 139 cm³/mol. The van der Waals surface area contributed by atoms with Crippen LogP contribution < -0.4 is 5.32 Å². The van der Waals surface area contributed by atoms with E-state index in [1.807, 2.05) is 18.2 Å². The molecule has 0 radical (unpaired) electrons. The zero-order chi connectivity index (χ0) is 26.5. The van der Waals surface area contributed by atoms with Crippen LogP contribution in [-0.4, -0.2) is 74.8 Å². The first-order valence-corrected chi connectivity index (χ1v) is 12.4. The van der Waals surface area contributed by atoms with Gasteiger partial charge in [-0.25, -0.2) is 0 Å². The predicted octanol–water partition coefficient (Wildman–Crippen LogP) is 2.59. The summed E-state index contributed by atoms with van der Waals surface area (Å²) in [5, 5.41) is 37.4. The Morgan fingerprint density at radius 3 is 2.42 bits per heavy atom. The fourth-order valence-electron chi connectivity index (χ4n) is 6.15. The van der Waals surface area contributed by atoms with E-state index in [1.54, 1.807) is 28.8 Å². The Bertz CT molecular complexity index is 1820. The zero-order valence-electron chi connectivity index (χ0n) is 19.9. The molecule has 5 N–H and O–H groups in total. The number of aliphatic hydroxyl groups excluding tert-OH is 3. The molecule has 4 heterocycles. The van der Waals surface area contributed by atoms with E-state index in [0.29, 0.717) is 48.6 Å². The first kappa shape index (κ1) is 23.6. The van der Waals surface area contributed by atoms with Gasteiger partial charge in [0.25, 0.3) is 11.8 Å². The van der Waals surface area contributed by atoms with Gasteiger partial charge in [0.05, 0.1) is 44.8 Å². The average molecular weight is 536 g/mol. The molecule has 0 spiro atoms. The van der Waals surface area contributed by atoms with Crippen molar-refractivity contribution in [3.8, 4) is 0 Å². The SMILES string of the molecule is CO[C@H]1[C@H](O)[C@@H](O)[C@H](n2c3ccccc3c3c4c(c5c6cccc(Cl)c6[nH]c5c32)C(=O)NC4=O)O[C@@H]1CO. The number of ether oxygens (including phenoxy) is 2. The summed E-state index contributed by atoms with van der Waals surface area (Å²) in [6.45, 7) is -0.459. The summed E-state index contributed by atoms with van der Waals surface area (Å²) >= 11 is 6.53. The van der Waals surface area contributed by atoms with E-state index < -0.39 is 49.1 Å². The molecule has 5 atom stereocenters. The Hall–Kier alpha value is -3.51. The molecule has 5 aromatic rings. The molecule has 0 saturated carbocycles. The molecule has 7 rings (SSSR count). The minimum Gasteiger partial charge on any atom is -0.394 e. The van der Waals surface area contributed by atoms with Crippen molar-refractivity contribution < 1.29 is 34.4 Å². The number of halogens is 1. The van der Waals surface area contributed by atoms with Crippen LogP contribution >= 0.6 is 11.6 Å². The van der Waals surface area contributed by atoms with Crippen molar-refractivity contribution in [2.24, 2.45) is 0 Å². The van der Waals surface area contributed by atoms with E-state index in [0.717, 1.165) is 0 Å². The van der Waals surface area contributed by atoms with Crippen molar-refractivity contribution in [1.82, 2.24) is 14.9 Å². The van der Waals surface area contributed by atoms with Crippen LogP contribution in [-0.2, 0) is 9.47 Å². The van der Waals surface area contributed by atoms with E-state index in [2.05, 4.69) is 10.3 Å². The number of fused-ring (bicyclic) bond motifs is 10. The molecule has 2 aliphatic rings. The lowest BCUT2D eigenvalue weighted by Crippen LogP contribution is -2.57. The molecule has 0 aliphatic carbocycles. The Labute approximate surface area is 219 Å². The van der Waals surface area contributed by atoms with Crippen LogP contribution in [0.1, 0.15) is 26.9 Å². The maximum atomic E-state index is 13.2. The number of H-pyrrole nitrogens is 1. The summed E-state index contributed by atoms with van der Waals surface area (Å²) in [7, 11) is 1.37. The Kier molecular flexibility index (Phi) is 5.12. The molecule has 2 amide bonds. The number of hydrogen-bond acceptors (Lipinski definition) is 7. The summed E-state index contributed by atoms with van der Waals surface area (Å²) in [6.07, 6.45) is -5.89. The lowest BCUT2D eigenvalue weighted by atomic mass is 9.96.